The summed E-state index contributed by atoms with van der Waals surface area (Å²) >= 11 is 0. The van der Waals surface area contributed by atoms with Crippen LogP contribution in [0.3, 0.4) is 0 Å². The van der Waals surface area contributed by atoms with E-state index in [1.165, 1.54) is 12.8 Å². The third-order valence-electron chi connectivity index (χ3n) is 5.53. The maximum atomic E-state index is 12.3. The summed E-state index contributed by atoms with van der Waals surface area (Å²) in [5.41, 5.74) is -0.356. The Kier molecular flexibility index (Phi) is 5.54. The van der Waals surface area contributed by atoms with Gasteiger partial charge in [0.25, 0.3) is 0 Å². The number of amides is 1. The predicted molar refractivity (Wildman–Crippen MR) is 89.5 cm³/mol. The van der Waals surface area contributed by atoms with Crippen molar-refractivity contribution in [2.75, 3.05) is 13.1 Å². The number of likely N-dealkylation sites (tertiary alicyclic amines) is 1. The number of hydrogen-bond donors (Lipinski definition) is 2. The van der Waals surface area contributed by atoms with Crippen LogP contribution in [0.4, 0.5) is 0 Å². The van der Waals surface area contributed by atoms with E-state index in [9.17, 15) is 9.90 Å². The number of piperidine rings is 1. The highest BCUT2D eigenvalue weighted by atomic mass is 16.3. The van der Waals surface area contributed by atoms with Gasteiger partial charge in [-0.2, -0.15) is 0 Å². The van der Waals surface area contributed by atoms with E-state index in [0.29, 0.717) is 6.04 Å². The molecule has 0 aromatic heterocycles. The third-order valence-corrected chi connectivity index (χ3v) is 5.53. The van der Waals surface area contributed by atoms with Crippen LogP contribution in [0.2, 0.25) is 0 Å². The Labute approximate surface area is 135 Å². The molecule has 1 saturated heterocycles. The predicted octanol–water partition coefficient (Wildman–Crippen LogP) is 2.41. The number of nitrogens with zero attached hydrogens (tertiary/aromatic N) is 1. The van der Waals surface area contributed by atoms with Crippen molar-refractivity contribution in [3.05, 3.63) is 0 Å². The smallest absolute Gasteiger partial charge is 0.225 e. The molecule has 0 spiro atoms. The van der Waals surface area contributed by atoms with Gasteiger partial charge in [-0.3, -0.25) is 9.69 Å². The fourth-order valence-corrected chi connectivity index (χ4v) is 3.75. The van der Waals surface area contributed by atoms with Crippen LogP contribution >= 0.6 is 0 Å². The standard InChI is InChI=1S/C18H34N2O2/c1-6-16(21)13-9-14(19-17(22)18(3,4)5)11-20(10-13)15-8-7-12(15)2/h12-16,21H,6-11H2,1-5H3,(H,19,22). The van der Waals surface area contributed by atoms with Crippen LogP contribution in [0.1, 0.15) is 60.3 Å². The quantitative estimate of drug-likeness (QED) is 0.838. The highest BCUT2D eigenvalue weighted by Gasteiger charge is 2.40. The third kappa shape index (κ3) is 4.02. The summed E-state index contributed by atoms with van der Waals surface area (Å²) in [6.45, 7) is 12.1. The second-order valence-corrected chi connectivity index (χ2v) is 8.47. The lowest BCUT2D eigenvalue weighted by Gasteiger charge is -2.49. The number of hydrogen-bond acceptors (Lipinski definition) is 3. The van der Waals surface area contributed by atoms with Crippen molar-refractivity contribution in [3.63, 3.8) is 0 Å². The highest BCUT2D eigenvalue weighted by Crippen LogP contribution is 2.35. The molecule has 2 rings (SSSR count). The molecule has 1 aliphatic heterocycles. The monoisotopic (exact) mass is 310 g/mol. The minimum atomic E-state index is -0.356. The van der Waals surface area contributed by atoms with E-state index in [0.717, 1.165) is 31.8 Å². The molecule has 2 N–H and O–H groups in total. The van der Waals surface area contributed by atoms with E-state index < -0.39 is 0 Å². The molecule has 2 fully saturated rings. The zero-order chi connectivity index (χ0) is 16.5. The second-order valence-electron chi connectivity index (χ2n) is 8.47. The lowest BCUT2D eigenvalue weighted by molar-refractivity contribution is -0.130. The van der Waals surface area contributed by atoms with Crippen molar-refractivity contribution >= 4 is 5.91 Å². The summed E-state index contributed by atoms with van der Waals surface area (Å²) < 4.78 is 0. The number of aliphatic hydroxyl groups is 1. The Morgan fingerprint density at radius 1 is 1.32 bits per heavy atom. The average molecular weight is 310 g/mol. The van der Waals surface area contributed by atoms with Gasteiger partial charge in [-0.25, -0.2) is 0 Å². The van der Waals surface area contributed by atoms with Gasteiger partial charge >= 0.3 is 0 Å². The SMILES string of the molecule is CCC(O)C1CC(NC(=O)C(C)(C)C)CN(C2CCC2C)C1. The molecule has 1 saturated carbocycles. The van der Waals surface area contributed by atoms with Crippen molar-refractivity contribution in [2.45, 2.75) is 78.5 Å². The fourth-order valence-electron chi connectivity index (χ4n) is 3.75. The Hall–Kier alpha value is -0.610. The molecule has 4 nitrogen and oxygen atoms in total. The molecule has 1 heterocycles. The van der Waals surface area contributed by atoms with E-state index in [1.54, 1.807) is 0 Å². The highest BCUT2D eigenvalue weighted by molar-refractivity contribution is 5.81. The minimum Gasteiger partial charge on any atom is -0.393 e. The van der Waals surface area contributed by atoms with E-state index in [2.05, 4.69) is 17.1 Å². The number of aliphatic hydroxyl groups excluding tert-OH is 1. The zero-order valence-corrected chi connectivity index (χ0v) is 14.9. The minimum absolute atomic E-state index is 0.116. The van der Waals surface area contributed by atoms with E-state index in [1.807, 2.05) is 27.7 Å². The van der Waals surface area contributed by atoms with Crippen molar-refractivity contribution in [1.82, 2.24) is 10.2 Å². The Balaban J connectivity index is 2.03. The van der Waals surface area contributed by atoms with Crippen LogP contribution in [-0.4, -0.2) is 47.2 Å². The summed E-state index contributed by atoms with van der Waals surface area (Å²) in [5.74, 6) is 1.14. The van der Waals surface area contributed by atoms with Gasteiger partial charge in [0.1, 0.15) is 0 Å². The molecule has 4 heteroatoms. The van der Waals surface area contributed by atoms with Gasteiger partial charge in [0.15, 0.2) is 0 Å². The molecule has 5 unspecified atom stereocenters. The number of carbonyl (C=O) groups is 1. The van der Waals surface area contributed by atoms with Crippen molar-refractivity contribution in [2.24, 2.45) is 17.3 Å². The van der Waals surface area contributed by atoms with Crippen molar-refractivity contribution in [1.29, 1.82) is 0 Å². The molecule has 1 aliphatic carbocycles. The summed E-state index contributed by atoms with van der Waals surface area (Å²) in [6.07, 6.45) is 4.00. The van der Waals surface area contributed by atoms with Crippen molar-refractivity contribution in [3.8, 4) is 0 Å². The summed E-state index contributed by atoms with van der Waals surface area (Å²) in [4.78, 5) is 14.8. The van der Waals surface area contributed by atoms with Gasteiger partial charge in [0.2, 0.25) is 5.91 Å². The van der Waals surface area contributed by atoms with Gasteiger partial charge in [0.05, 0.1) is 6.10 Å². The number of nitrogens with one attached hydrogen (secondary N) is 1. The zero-order valence-electron chi connectivity index (χ0n) is 14.9. The first-order valence-corrected chi connectivity index (χ1v) is 8.95. The Bertz CT molecular complexity index is 391. The lowest BCUT2D eigenvalue weighted by atomic mass is 9.77. The van der Waals surface area contributed by atoms with Crippen LogP contribution in [-0.2, 0) is 4.79 Å². The molecule has 22 heavy (non-hydrogen) atoms. The van der Waals surface area contributed by atoms with Gasteiger partial charge in [-0.15, -0.1) is 0 Å². The molecule has 0 aromatic rings. The van der Waals surface area contributed by atoms with Crippen LogP contribution < -0.4 is 5.32 Å². The maximum Gasteiger partial charge on any atom is 0.225 e. The Morgan fingerprint density at radius 2 is 2.00 bits per heavy atom. The fraction of sp³-hybridized carbons (Fsp3) is 0.944. The average Bonchev–Trinajstić information content (AvgIpc) is 2.43. The molecule has 5 atom stereocenters. The normalized spacial score (nSPS) is 34.8. The molecule has 0 aromatic carbocycles. The first-order valence-electron chi connectivity index (χ1n) is 8.95. The molecular formula is C18H34N2O2. The lowest BCUT2D eigenvalue weighted by Crippen LogP contribution is -2.59. The van der Waals surface area contributed by atoms with Gasteiger partial charge in [0, 0.05) is 30.6 Å². The summed E-state index contributed by atoms with van der Waals surface area (Å²) in [7, 11) is 0. The summed E-state index contributed by atoms with van der Waals surface area (Å²) in [6, 6.07) is 0.806. The van der Waals surface area contributed by atoms with Crippen LogP contribution in [0.15, 0.2) is 0 Å². The van der Waals surface area contributed by atoms with Gasteiger partial charge in [-0.05, 0) is 37.5 Å². The number of carbonyl (C=O) groups excluding carboxylic acids is 1. The maximum absolute atomic E-state index is 12.3. The van der Waals surface area contributed by atoms with Gasteiger partial charge in [-0.1, -0.05) is 34.6 Å². The Morgan fingerprint density at radius 3 is 2.45 bits per heavy atom. The van der Waals surface area contributed by atoms with E-state index >= 15 is 0 Å². The molecule has 0 bridgehead atoms. The molecule has 128 valence electrons. The van der Waals surface area contributed by atoms with Gasteiger partial charge < -0.3 is 10.4 Å². The topological polar surface area (TPSA) is 52.6 Å². The van der Waals surface area contributed by atoms with Crippen LogP contribution in [0, 0.1) is 17.3 Å². The van der Waals surface area contributed by atoms with Crippen LogP contribution in [0.25, 0.3) is 0 Å². The largest absolute Gasteiger partial charge is 0.393 e. The van der Waals surface area contributed by atoms with Crippen molar-refractivity contribution < 1.29 is 9.90 Å². The first-order chi connectivity index (χ1) is 10.2. The molecule has 1 amide bonds. The molecule has 0 radical (unpaired) electrons. The first kappa shape index (κ1) is 17.7. The summed E-state index contributed by atoms with van der Waals surface area (Å²) in [5, 5.41) is 13.5. The molecular weight excluding hydrogens is 276 g/mol. The van der Waals surface area contributed by atoms with Crippen LogP contribution in [0.5, 0.6) is 0 Å². The second kappa shape index (κ2) is 6.88. The number of rotatable bonds is 4. The van der Waals surface area contributed by atoms with E-state index in [-0.39, 0.29) is 29.4 Å². The molecule has 2 aliphatic rings. The van der Waals surface area contributed by atoms with E-state index in [4.69, 9.17) is 0 Å².